The van der Waals surface area contributed by atoms with Crippen LogP contribution in [0.4, 0.5) is 18.9 Å². The highest BCUT2D eigenvalue weighted by Gasteiger charge is 2.36. The van der Waals surface area contributed by atoms with E-state index in [-0.39, 0.29) is 22.8 Å². The first kappa shape index (κ1) is 24.2. The molecule has 0 saturated carbocycles. The van der Waals surface area contributed by atoms with Crippen LogP contribution >= 0.6 is 0 Å². The van der Waals surface area contributed by atoms with Gasteiger partial charge in [0.25, 0.3) is 5.91 Å². The van der Waals surface area contributed by atoms with Gasteiger partial charge in [-0.15, -0.1) is 0 Å². The van der Waals surface area contributed by atoms with E-state index < -0.39 is 17.8 Å². The van der Waals surface area contributed by atoms with Crippen molar-refractivity contribution in [2.24, 2.45) is 0 Å². The molecule has 5 rings (SSSR count). The third-order valence-electron chi connectivity index (χ3n) is 5.97. The normalized spacial score (nSPS) is 11.8. The van der Waals surface area contributed by atoms with Gasteiger partial charge < -0.3 is 5.32 Å². The van der Waals surface area contributed by atoms with Crippen LogP contribution in [0.2, 0.25) is 0 Å². The molecule has 37 heavy (non-hydrogen) atoms. The van der Waals surface area contributed by atoms with Crippen LogP contribution in [-0.2, 0) is 12.7 Å². The zero-order chi connectivity index (χ0) is 26.2. The summed E-state index contributed by atoms with van der Waals surface area (Å²) in [6.45, 7) is 4.57. The monoisotopic (exact) mass is 504 g/mol. The van der Waals surface area contributed by atoms with E-state index in [2.05, 4.69) is 20.5 Å². The molecule has 0 aliphatic carbocycles. The second-order valence-corrected chi connectivity index (χ2v) is 8.95. The Bertz CT molecular complexity index is 1550. The second-order valence-electron chi connectivity index (χ2n) is 8.95. The summed E-state index contributed by atoms with van der Waals surface area (Å²) in [5.41, 5.74) is 1.80. The molecule has 2 aromatic carbocycles. The summed E-state index contributed by atoms with van der Waals surface area (Å²) in [7, 11) is 0. The molecule has 0 unspecified atom stereocenters. The summed E-state index contributed by atoms with van der Waals surface area (Å²) < 4.78 is 44.2. The molecular formula is C27H23F3N6O. The minimum atomic E-state index is -4.70. The number of fused-ring (bicyclic) bond motifs is 1. The van der Waals surface area contributed by atoms with Crippen LogP contribution in [0.25, 0.3) is 16.9 Å². The van der Waals surface area contributed by atoms with Crippen molar-refractivity contribution in [3.05, 3.63) is 102 Å². The van der Waals surface area contributed by atoms with E-state index in [9.17, 15) is 18.0 Å². The molecule has 0 atom stereocenters. The molecule has 0 radical (unpaired) electrons. The maximum Gasteiger partial charge on any atom is 0.433 e. The van der Waals surface area contributed by atoms with Crippen molar-refractivity contribution >= 4 is 17.2 Å². The van der Waals surface area contributed by atoms with E-state index in [1.54, 1.807) is 41.2 Å². The molecule has 10 heteroatoms. The van der Waals surface area contributed by atoms with Gasteiger partial charge in [-0.1, -0.05) is 50.2 Å². The molecule has 0 fully saturated rings. The predicted molar refractivity (Wildman–Crippen MR) is 133 cm³/mol. The fourth-order valence-corrected chi connectivity index (χ4v) is 4.04. The van der Waals surface area contributed by atoms with Crippen LogP contribution in [0.3, 0.4) is 0 Å². The van der Waals surface area contributed by atoms with Crippen LogP contribution in [0.5, 0.6) is 0 Å². The van der Waals surface area contributed by atoms with Gasteiger partial charge in [0.15, 0.2) is 11.3 Å². The highest BCUT2D eigenvalue weighted by atomic mass is 19.4. The minimum Gasteiger partial charge on any atom is -0.322 e. The second kappa shape index (κ2) is 9.53. The zero-order valence-electron chi connectivity index (χ0n) is 20.1. The Morgan fingerprint density at radius 2 is 1.81 bits per heavy atom. The smallest absolute Gasteiger partial charge is 0.322 e. The average Bonchev–Trinajstić information content (AvgIpc) is 3.53. The predicted octanol–water partition coefficient (Wildman–Crippen LogP) is 6.04. The SMILES string of the molecule is CC(C)c1ccc(-c2cc(C(F)(F)F)n3ncc(C(=O)Nc4cccc(Cn5cccn5)c4)c3n2)cc1. The number of carbonyl (C=O) groups excluding carboxylic acids is 1. The molecule has 0 bridgehead atoms. The number of hydrogen-bond donors (Lipinski definition) is 1. The van der Waals surface area contributed by atoms with E-state index in [4.69, 9.17) is 0 Å². The number of hydrogen-bond acceptors (Lipinski definition) is 4. The van der Waals surface area contributed by atoms with Gasteiger partial charge in [-0.3, -0.25) is 9.48 Å². The number of rotatable bonds is 6. The molecule has 1 N–H and O–H groups in total. The maximum absolute atomic E-state index is 13.9. The molecular weight excluding hydrogens is 481 g/mol. The van der Waals surface area contributed by atoms with Crippen molar-refractivity contribution in [2.75, 3.05) is 5.32 Å². The molecule has 5 aromatic rings. The van der Waals surface area contributed by atoms with Gasteiger partial charge in [0.05, 0.1) is 18.4 Å². The number of aromatic nitrogens is 5. The van der Waals surface area contributed by atoms with Gasteiger partial charge in [-0.25, -0.2) is 9.50 Å². The summed E-state index contributed by atoms with van der Waals surface area (Å²) in [6, 6.07) is 17.1. The van der Waals surface area contributed by atoms with Gasteiger partial charge in [0.2, 0.25) is 0 Å². The van der Waals surface area contributed by atoms with Gasteiger partial charge in [-0.05, 0) is 41.3 Å². The summed E-state index contributed by atoms with van der Waals surface area (Å²) in [6.07, 6.45) is -0.103. The van der Waals surface area contributed by atoms with E-state index in [0.29, 0.717) is 22.3 Å². The molecule has 7 nitrogen and oxygen atoms in total. The Kier molecular flexibility index (Phi) is 6.24. The molecule has 188 valence electrons. The Hall–Kier alpha value is -4.47. The highest BCUT2D eigenvalue weighted by Crippen LogP contribution is 2.33. The molecule has 0 spiro atoms. The lowest BCUT2D eigenvalue weighted by molar-refractivity contribution is -0.142. The summed E-state index contributed by atoms with van der Waals surface area (Å²) in [4.78, 5) is 17.6. The van der Waals surface area contributed by atoms with Crippen molar-refractivity contribution in [3.63, 3.8) is 0 Å². The third kappa shape index (κ3) is 5.09. The van der Waals surface area contributed by atoms with Crippen LogP contribution in [0, 0.1) is 0 Å². The number of anilines is 1. The average molecular weight is 505 g/mol. The number of amides is 1. The van der Waals surface area contributed by atoms with Crippen LogP contribution in [-0.4, -0.2) is 30.3 Å². The molecule has 3 heterocycles. The summed E-state index contributed by atoms with van der Waals surface area (Å²) in [5.74, 6) is -0.336. The van der Waals surface area contributed by atoms with Crippen molar-refractivity contribution in [1.29, 1.82) is 0 Å². The first-order valence-electron chi connectivity index (χ1n) is 11.6. The fraction of sp³-hybridized carbons (Fsp3) is 0.185. The Morgan fingerprint density at radius 1 is 1.03 bits per heavy atom. The number of nitrogens with zero attached hydrogens (tertiary/aromatic N) is 5. The van der Waals surface area contributed by atoms with Crippen LogP contribution in [0.1, 0.15) is 46.9 Å². The fourth-order valence-electron chi connectivity index (χ4n) is 4.04. The first-order valence-corrected chi connectivity index (χ1v) is 11.6. The number of alkyl halides is 3. The van der Waals surface area contributed by atoms with Crippen molar-refractivity contribution in [3.8, 4) is 11.3 Å². The van der Waals surface area contributed by atoms with E-state index in [1.165, 1.54) is 0 Å². The van der Waals surface area contributed by atoms with Crippen LogP contribution in [0.15, 0.2) is 79.3 Å². The lowest BCUT2D eigenvalue weighted by Gasteiger charge is -2.12. The van der Waals surface area contributed by atoms with Gasteiger partial charge >= 0.3 is 6.18 Å². The molecule has 0 saturated heterocycles. The standard InChI is InChI=1S/C27H23F3N6O/c1-17(2)19-7-9-20(10-8-19)23-14-24(27(28,29)30)36-25(34-23)22(15-32-36)26(37)33-21-6-3-5-18(13-21)16-35-12-4-11-31-35/h3-15,17H,16H2,1-2H3,(H,33,37). The van der Waals surface area contributed by atoms with E-state index in [1.807, 2.05) is 44.3 Å². The van der Waals surface area contributed by atoms with Crippen molar-refractivity contribution < 1.29 is 18.0 Å². The molecule has 3 aromatic heterocycles. The Morgan fingerprint density at radius 3 is 2.49 bits per heavy atom. The zero-order valence-corrected chi connectivity index (χ0v) is 20.1. The number of nitrogens with one attached hydrogen (secondary N) is 1. The van der Waals surface area contributed by atoms with E-state index in [0.717, 1.165) is 23.4 Å². The lowest BCUT2D eigenvalue weighted by atomic mass is 10.0. The third-order valence-corrected chi connectivity index (χ3v) is 5.97. The summed E-state index contributed by atoms with van der Waals surface area (Å²) >= 11 is 0. The highest BCUT2D eigenvalue weighted by molar-refractivity contribution is 6.08. The van der Waals surface area contributed by atoms with Gasteiger partial charge in [0, 0.05) is 23.6 Å². The van der Waals surface area contributed by atoms with Crippen molar-refractivity contribution in [2.45, 2.75) is 32.5 Å². The lowest BCUT2D eigenvalue weighted by Crippen LogP contribution is -2.16. The van der Waals surface area contributed by atoms with Crippen molar-refractivity contribution in [1.82, 2.24) is 24.4 Å². The van der Waals surface area contributed by atoms with Crippen LogP contribution < -0.4 is 5.32 Å². The number of halogens is 3. The van der Waals surface area contributed by atoms with Gasteiger partial charge in [0.1, 0.15) is 5.56 Å². The number of carbonyl (C=O) groups is 1. The number of benzene rings is 2. The quantitative estimate of drug-likeness (QED) is 0.306. The summed E-state index contributed by atoms with van der Waals surface area (Å²) in [5, 5.41) is 10.8. The van der Waals surface area contributed by atoms with Gasteiger partial charge in [-0.2, -0.15) is 23.4 Å². The Labute approximate surface area is 210 Å². The topological polar surface area (TPSA) is 77.1 Å². The molecule has 0 aliphatic heterocycles. The molecule has 1 amide bonds. The first-order chi connectivity index (χ1) is 17.7. The molecule has 0 aliphatic rings. The van der Waals surface area contributed by atoms with E-state index >= 15 is 0 Å². The maximum atomic E-state index is 13.9. The Balaban J connectivity index is 1.50. The minimum absolute atomic E-state index is 0.0661. The largest absolute Gasteiger partial charge is 0.433 e.